The van der Waals surface area contributed by atoms with E-state index in [9.17, 15) is 0 Å². The summed E-state index contributed by atoms with van der Waals surface area (Å²) >= 11 is 0. The molecule has 6 rings (SSSR count). The third-order valence-corrected chi connectivity index (χ3v) is 7.36. The molecular weight excluding hydrogens is 466 g/mol. The van der Waals surface area contributed by atoms with Gasteiger partial charge in [-0.15, -0.1) is 0 Å². The Bertz CT molecular complexity index is 1150. The molecule has 0 spiro atoms. The second kappa shape index (κ2) is 11.5. The number of benzene rings is 3. The summed E-state index contributed by atoms with van der Waals surface area (Å²) in [5, 5.41) is 10.9. The van der Waals surface area contributed by atoms with E-state index in [0.717, 1.165) is 23.1 Å². The van der Waals surface area contributed by atoms with Crippen LogP contribution in [0.25, 0.3) is 0 Å². The Hall–Kier alpha value is -3.10. The number of ether oxygens (including phenoxy) is 4. The first-order valence-corrected chi connectivity index (χ1v) is 13.1. The van der Waals surface area contributed by atoms with Crippen LogP contribution in [0.3, 0.4) is 0 Å². The zero-order valence-electron chi connectivity index (χ0n) is 20.8. The number of fused-ring (bicyclic) bond motifs is 3. The van der Waals surface area contributed by atoms with Crippen LogP contribution in [0.4, 0.5) is 0 Å². The van der Waals surface area contributed by atoms with Crippen LogP contribution in [0, 0.1) is 0 Å². The van der Waals surface area contributed by atoms with Crippen LogP contribution < -0.4 is 0 Å². The van der Waals surface area contributed by atoms with Crippen molar-refractivity contribution >= 4 is 0 Å². The molecule has 1 unspecified atom stereocenters. The fourth-order valence-corrected chi connectivity index (χ4v) is 5.56. The van der Waals surface area contributed by atoms with Gasteiger partial charge in [0, 0.05) is 0 Å². The van der Waals surface area contributed by atoms with Gasteiger partial charge in [-0.05, 0) is 23.1 Å². The lowest BCUT2D eigenvalue weighted by Gasteiger charge is -2.45. The van der Waals surface area contributed by atoms with Crippen molar-refractivity contribution in [2.24, 2.45) is 10.3 Å². The van der Waals surface area contributed by atoms with Crippen molar-refractivity contribution in [3.63, 3.8) is 0 Å². The maximum Gasteiger partial charge on any atom is 0.115 e. The summed E-state index contributed by atoms with van der Waals surface area (Å²) in [5.41, 5.74) is 3.37. The zero-order valence-corrected chi connectivity index (χ0v) is 20.8. The van der Waals surface area contributed by atoms with E-state index in [2.05, 4.69) is 51.7 Å². The largest absolute Gasteiger partial charge is 0.374 e. The predicted molar refractivity (Wildman–Crippen MR) is 139 cm³/mol. The van der Waals surface area contributed by atoms with Gasteiger partial charge in [0.05, 0.1) is 45.1 Å². The molecule has 0 aromatic heterocycles. The van der Waals surface area contributed by atoms with Crippen molar-refractivity contribution in [3.05, 3.63) is 108 Å². The average Bonchev–Trinajstić information content (AvgIpc) is 3.54. The minimum absolute atomic E-state index is 0.00748. The van der Waals surface area contributed by atoms with E-state index in [1.807, 2.05) is 54.6 Å². The Balaban J connectivity index is 1.24. The Labute approximate surface area is 218 Å². The molecule has 7 heteroatoms. The molecule has 37 heavy (non-hydrogen) atoms. The van der Waals surface area contributed by atoms with E-state index in [4.69, 9.17) is 18.9 Å². The molecular formula is C30H33N3O4. The maximum atomic E-state index is 6.69. The standard InChI is InChI=1S/C30H33N3O4/c1-4-10-22(11-5-1)18-34-21-27-29(35-19-23-12-6-2-7-13-23)30(36-20-24-14-8-3-9-15-24)28-26(37-27)16-25-17-31-32-33(25)28/h1-15,25-30H,16-21H2/t25?,26-,27+,28-,29+,30+/m0/s1. The molecule has 6 atom stereocenters. The fourth-order valence-electron chi connectivity index (χ4n) is 5.56. The quantitative estimate of drug-likeness (QED) is 0.394. The fraction of sp³-hybridized carbons (Fsp3) is 0.400. The van der Waals surface area contributed by atoms with Crippen molar-refractivity contribution < 1.29 is 18.9 Å². The normalized spacial score (nSPS) is 28.3. The van der Waals surface area contributed by atoms with Crippen molar-refractivity contribution in [3.8, 4) is 0 Å². The number of hydrogen-bond donors (Lipinski definition) is 0. The minimum Gasteiger partial charge on any atom is -0.374 e. The SMILES string of the molecule is c1ccc(COC[C@H]2O[C@H]3CC4CN=NN4[C@@H]3[C@@H](OCc3ccccc3)[C@@H]2OCc2ccccc2)cc1. The first-order chi connectivity index (χ1) is 18.3. The third kappa shape index (κ3) is 5.60. The Morgan fingerprint density at radius 3 is 1.92 bits per heavy atom. The van der Waals surface area contributed by atoms with E-state index in [-0.39, 0.29) is 36.5 Å². The highest BCUT2D eigenvalue weighted by Gasteiger charge is 2.56. The van der Waals surface area contributed by atoms with Gasteiger partial charge in [0.1, 0.15) is 24.4 Å². The molecule has 3 heterocycles. The summed E-state index contributed by atoms with van der Waals surface area (Å²) < 4.78 is 26.2. The Kier molecular flexibility index (Phi) is 7.55. The highest BCUT2D eigenvalue weighted by molar-refractivity contribution is 5.16. The van der Waals surface area contributed by atoms with Crippen LogP contribution >= 0.6 is 0 Å². The topological polar surface area (TPSA) is 64.9 Å². The highest BCUT2D eigenvalue weighted by atomic mass is 16.6. The van der Waals surface area contributed by atoms with Crippen molar-refractivity contribution in [2.75, 3.05) is 13.2 Å². The summed E-state index contributed by atoms with van der Waals surface area (Å²) in [6.45, 7) is 2.62. The van der Waals surface area contributed by atoms with Gasteiger partial charge in [-0.2, -0.15) is 5.11 Å². The van der Waals surface area contributed by atoms with Crippen LogP contribution in [0.2, 0.25) is 0 Å². The molecule has 3 aromatic rings. The van der Waals surface area contributed by atoms with Gasteiger partial charge in [0.25, 0.3) is 0 Å². The van der Waals surface area contributed by atoms with Gasteiger partial charge in [0.15, 0.2) is 0 Å². The Morgan fingerprint density at radius 2 is 1.30 bits per heavy atom. The molecule has 7 nitrogen and oxygen atoms in total. The van der Waals surface area contributed by atoms with Gasteiger partial charge in [0.2, 0.25) is 0 Å². The van der Waals surface area contributed by atoms with Crippen molar-refractivity contribution in [1.82, 2.24) is 5.01 Å². The van der Waals surface area contributed by atoms with E-state index < -0.39 is 0 Å². The van der Waals surface area contributed by atoms with Crippen LogP contribution in [-0.4, -0.2) is 54.7 Å². The first kappa shape index (κ1) is 24.2. The molecule has 3 aliphatic rings. The van der Waals surface area contributed by atoms with Gasteiger partial charge in [-0.25, -0.2) is 0 Å². The molecule has 0 bridgehead atoms. The summed E-state index contributed by atoms with van der Waals surface area (Å²) in [5.74, 6) is 0. The lowest BCUT2D eigenvalue weighted by molar-refractivity contribution is -0.236. The van der Waals surface area contributed by atoms with Crippen LogP contribution in [0.15, 0.2) is 101 Å². The average molecular weight is 500 g/mol. The summed E-state index contributed by atoms with van der Waals surface area (Å²) in [6.07, 6.45) is 0.0487. The van der Waals surface area contributed by atoms with Crippen molar-refractivity contribution in [1.29, 1.82) is 0 Å². The zero-order chi connectivity index (χ0) is 24.9. The Morgan fingerprint density at radius 1 is 0.730 bits per heavy atom. The summed E-state index contributed by atoms with van der Waals surface area (Å²) in [6, 6.07) is 30.9. The molecule has 2 fully saturated rings. The molecule has 0 radical (unpaired) electrons. The number of hydrogen-bond acceptors (Lipinski definition) is 7. The lowest BCUT2D eigenvalue weighted by Crippen LogP contribution is -2.61. The van der Waals surface area contributed by atoms with Crippen molar-refractivity contribution in [2.45, 2.75) is 62.7 Å². The molecule has 0 saturated carbocycles. The van der Waals surface area contributed by atoms with E-state index in [1.54, 1.807) is 0 Å². The predicted octanol–water partition coefficient (Wildman–Crippen LogP) is 4.97. The van der Waals surface area contributed by atoms with Crippen LogP contribution in [0.1, 0.15) is 23.1 Å². The first-order valence-electron chi connectivity index (χ1n) is 13.1. The van der Waals surface area contributed by atoms with E-state index >= 15 is 0 Å². The lowest BCUT2D eigenvalue weighted by atomic mass is 9.93. The minimum atomic E-state index is -0.324. The molecule has 0 N–H and O–H groups in total. The molecule has 192 valence electrons. The summed E-state index contributed by atoms with van der Waals surface area (Å²) in [7, 11) is 0. The van der Waals surface area contributed by atoms with Gasteiger partial charge >= 0.3 is 0 Å². The smallest absolute Gasteiger partial charge is 0.115 e. The maximum absolute atomic E-state index is 6.69. The molecule has 3 aliphatic heterocycles. The monoisotopic (exact) mass is 499 g/mol. The van der Waals surface area contributed by atoms with Gasteiger partial charge in [-0.1, -0.05) is 96.2 Å². The van der Waals surface area contributed by atoms with Gasteiger partial charge < -0.3 is 18.9 Å². The van der Waals surface area contributed by atoms with Crippen LogP contribution in [0.5, 0.6) is 0 Å². The third-order valence-electron chi connectivity index (χ3n) is 7.36. The van der Waals surface area contributed by atoms with Crippen LogP contribution in [-0.2, 0) is 38.8 Å². The highest BCUT2D eigenvalue weighted by Crippen LogP contribution is 2.40. The summed E-state index contributed by atoms with van der Waals surface area (Å²) in [4.78, 5) is 0. The molecule has 0 aliphatic carbocycles. The second-order valence-electron chi connectivity index (χ2n) is 9.91. The van der Waals surface area contributed by atoms with E-state index in [0.29, 0.717) is 33.0 Å². The number of nitrogens with zero attached hydrogens (tertiary/aromatic N) is 3. The van der Waals surface area contributed by atoms with E-state index in [1.165, 1.54) is 0 Å². The number of rotatable bonds is 10. The molecule has 0 amide bonds. The molecule has 3 aromatic carbocycles. The molecule has 2 saturated heterocycles. The van der Waals surface area contributed by atoms with Gasteiger partial charge in [-0.3, -0.25) is 5.01 Å². The second-order valence-corrected chi connectivity index (χ2v) is 9.91.